The lowest BCUT2D eigenvalue weighted by Crippen LogP contribution is -2.15. The van der Waals surface area contributed by atoms with E-state index < -0.39 is 35.9 Å². The highest BCUT2D eigenvalue weighted by molar-refractivity contribution is 6.29. The lowest BCUT2D eigenvalue weighted by molar-refractivity contribution is -0.153. The molecule has 0 amide bonds. The van der Waals surface area contributed by atoms with Gasteiger partial charge >= 0.3 is 29.9 Å². The maximum Gasteiger partial charge on any atom is 0.414 e. The molecule has 0 fully saturated rings. The molecule has 0 radical (unpaired) electrons. The molecule has 0 aliphatic carbocycles. The van der Waals surface area contributed by atoms with Gasteiger partial charge in [-0.25, -0.2) is 19.2 Å². The van der Waals surface area contributed by atoms with Crippen LogP contribution in [-0.4, -0.2) is 36.5 Å². The van der Waals surface area contributed by atoms with Crippen LogP contribution in [0.4, 0.5) is 8.78 Å². The van der Waals surface area contributed by atoms with E-state index in [2.05, 4.69) is 16.1 Å². The molecule has 0 aliphatic rings. The normalized spacial score (nSPS) is 10.6. The zero-order chi connectivity index (χ0) is 35.3. The number of ether oxygens (including phenoxy) is 5. The Balaban J connectivity index is 1.27. The fraction of sp³-hybridized carbons (Fsp3) is 0.216. The van der Waals surface area contributed by atoms with Gasteiger partial charge in [0.15, 0.2) is 0 Å². The minimum Gasteiger partial charge on any atom is -0.494 e. The second kappa shape index (κ2) is 17.3. The number of esters is 4. The van der Waals surface area contributed by atoms with Crippen LogP contribution in [0.2, 0.25) is 0 Å². The van der Waals surface area contributed by atoms with E-state index in [0.29, 0.717) is 52.8 Å². The molecule has 0 atom stereocenters. The smallest absolute Gasteiger partial charge is 0.414 e. The molecule has 4 aromatic carbocycles. The van der Waals surface area contributed by atoms with Crippen LogP contribution in [0.5, 0.6) is 23.0 Å². The Morgan fingerprint density at radius 3 is 1.98 bits per heavy atom. The maximum absolute atomic E-state index is 13.0. The molecular weight excluding hydrogens is 642 g/mol. The fourth-order valence-corrected chi connectivity index (χ4v) is 4.71. The minimum absolute atomic E-state index is 0.0286. The van der Waals surface area contributed by atoms with Crippen molar-refractivity contribution in [3.63, 3.8) is 0 Å². The first-order valence-electron chi connectivity index (χ1n) is 15.3. The minimum atomic E-state index is -2.21. The van der Waals surface area contributed by atoms with Gasteiger partial charge in [0.2, 0.25) is 0 Å². The summed E-state index contributed by atoms with van der Waals surface area (Å²) >= 11 is 0. The van der Waals surface area contributed by atoms with Crippen molar-refractivity contribution in [1.82, 2.24) is 0 Å². The fourth-order valence-electron chi connectivity index (χ4n) is 4.71. The molecule has 49 heavy (non-hydrogen) atoms. The molecule has 0 aromatic heterocycles. The number of fused-ring (bicyclic) bond motifs is 1. The number of benzene rings is 4. The molecule has 4 rings (SSSR count). The number of unbranched alkanes of at least 4 members (excludes halogenated alkanes) is 3. The van der Waals surface area contributed by atoms with Gasteiger partial charge in [0.1, 0.15) is 23.0 Å². The summed E-state index contributed by atoms with van der Waals surface area (Å²) in [6, 6.07) is 16.8. The van der Waals surface area contributed by atoms with Gasteiger partial charge in [-0.05, 0) is 109 Å². The average Bonchev–Trinajstić information content (AvgIpc) is 3.07. The van der Waals surface area contributed by atoms with Crippen molar-refractivity contribution in [1.29, 1.82) is 0 Å². The van der Waals surface area contributed by atoms with Gasteiger partial charge < -0.3 is 23.7 Å². The van der Waals surface area contributed by atoms with Crippen LogP contribution in [0.3, 0.4) is 0 Å². The zero-order valence-corrected chi connectivity index (χ0v) is 26.5. The van der Waals surface area contributed by atoms with Crippen LogP contribution in [0.15, 0.2) is 91.5 Å². The van der Waals surface area contributed by atoms with E-state index in [1.165, 1.54) is 36.4 Å². The first kappa shape index (κ1) is 35.9. The molecule has 0 bridgehead atoms. The first-order chi connectivity index (χ1) is 23.5. The number of hydrogen-bond donors (Lipinski definition) is 0. The Labute approximate surface area is 280 Å². The first-order valence-corrected chi connectivity index (χ1v) is 15.3. The molecule has 0 aliphatic heterocycles. The Morgan fingerprint density at radius 1 is 0.653 bits per heavy atom. The number of carbonyl (C=O) groups is 5. The zero-order valence-electron chi connectivity index (χ0n) is 26.5. The topological polar surface area (TPSA) is 132 Å². The summed E-state index contributed by atoms with van der Waals surface area (Å²) in [5.41, 5.74) is 1.14. The second-order valence-electron chi connectivity index (χ2n) is 10.7. The predicted octanol–water partition coefficient (Wildman–Crippen LogP) is 7.56. The van der Waals surface area contributed by atoms with Crippen molar-refractivity contribution in [3.8, 4) is 23.0 Å². The van der Waals surface area contributed by atoms with Crippen LogP contribution in [0.25, 0.3) is 10.8 Å². The van der Waals surface area contributed by atoms with Gasteiger partial charge in [0, 0.05) is 6.42 Å². The van der Waals surface area contributed by atoms with Crippen molar-refractivity contribution in [3.05, 3.63) is 108 Å². The van der Waals surface area contributed by atoms with Crippen LogP contribution in [0, 0.1) is 0 Å². The molecule has 0 saturated heterocycles. The number of carbonyl (C=O) groups excluding carboxylic acids is 5. The second-order valence-corrected chi connectivity index (χ2v) is 10.7. The largest absolute Gasteiger partial charge is 0.494 e. The number of aryl methyl sites for hydroxylation is 1. The van der Waals surface area contributed by atoms with E-state index in [4.69, 9.17) is 14.2 Å². The van der Waals surface area contributed by atoms with E-state index >= 15 is 0 Å². The van der Waals surface area contributed by atoms with Crippen LogP contribution < -0.4 is 18.9 Å². The summed E-state index contributed by atoms with van der Waals surface area (Å²) in [7, 11) is 0. The molecule has 0 heterocycles. The standard InChI is InChI=1S/C37H32F2O10/c1-3-24-21-31(48-35(42)27-10-9-26-22-30(12-11-25(26)20-27)49-37(44)34(39)41)17-18-32(24)36(43)47-29-15-13-28(14-16-29)45-19-7-5-4-6-8-33(40)46-23(2)38/h9-18,20-22H,2-8,19H2,1H3. The van der Waals surface area contributed by atoms with Gasteiger partial charge in [0.25, 0.3) is 6.01 Å². The third-order valence-corrected chi connectivity index (χ3v) is 7.11. The molecule has 254 valence electrons. The monoisotopic (exact) mass is 674 g/mol. The molecule has 0 N–H and O–H groups in total. The van der Waals surface area contributed by atoms with Gasteiger partial charge in [-0.2, -0.15) is 8.78 Å². The van der Waals surface area contributed by atoms with E-state index in [1.807, 2.05) is 6.92 Å². The van der Waals surface area contributed by atoms with Crippen molar-refractivity contribution < 1.29 is 56.4 Å². The third-order valence-electron chi connectivity index (χ3n) is 7.11. The van der Waals surface area contributed by atoms with Crippen molar-refractivity contribution >= 4 is 40.7 Å². The summed E-state index contributed by atoms with van der Waals surface area (Å²) in [6.07, 6.45) is 3.49. The Hall–Kier alpha value is -5.91. The molecule has 0 spiro atoms. The molecular formula is C37H32F2O10. The molecule has 10 nitrogen and oxygen atoms in total. The lowest BCUT2D eigenvalue weighted by Gasteiger charge is -2.12. The highest BCUT2D eigenvalue weighted by atomic mass is 19.1. The van der Waals surface area contributed by atoms with E-state index in [0.717, 1.165) is 19.3 Å². The van der Waals surface area contributed by atoms with Crippen LogP contribution in [-0.2, 0) is 25.5 Å². The summed E-state index contributed by atoms with van der Waals surface area (Å²) in [5, 5.41) is 1.17. The van der Waals surface area contributed by atoms with Crippen molar-refractivity contribution in [2.75, 3.05) is 6.61 Å². The summed E-state index contributed by atoms with van der Waals surface area (Å²) in [6.45, 7) is 5.18. The van der Waals surface area contributed by atoms with Crippen LogP contribution >= 0.6 is 0 Å². The maximum atomic E-state index is 13.0. The summed E-state index contributed by atoms with van der Waals surface area (Å²) in [4.78, 5) is 58.9. The van der Waals surface area contributed by atoms with Crippen molar-refractivity contribution in [2.24, 2.45) is 0 Å². The molecule has 0 unspecified atom stereocenters. The highest BCUT2D eigenvalue weighted by Gasteiger charge is 2.18. The Bertz CT molecular complexity index is 1870. The summed E-state index contributed by atoms with van der Waals surface area (Å²) in [5.74, 6) is -2.40. The van der Waals surface area contributed by atoms with Crippen molar-refractivity contribution in [2.45, 2.75) is 45.4 Å². The SMILES string of the molecule is C=C(F)OC(=O)CCCCCCOc1ccc(OC(=O)c2ccc(OC(=O)c3ccc4cc(OC(=O)C(=O)F)ccc4c3)cc2CC)cc1. The Kier molecular flexibility index (Phi) is 12.7. The molecule has 0 saturated carbocycles. The number of rotatable bonds is 16. The third kappa shape index (κ3) is 10.8. The highest BCUT2D eigenvalue weighted by Crippen LogP contribution is 2.26. The van der Waals surface area contributed by atoms with E-state index in [1.54, 1.807) is 42.5 Å². The van der Waals surface area contributed by atoms with Gasteiger partial charge in [-0.1, -0.05) is 31.9 Å². The number of hydrogen-bond acceptors (Lipinski definition) is 10. The average molecular weight is 675 g/mol. The predicted molar refractivity (Wildman–Crippen MR) is 173 cm³/mol. The van der Waals surface area contributed by atoms with Gasteiger partial charge in [0.05, 0.1) is 17.7 Å². The lowest BCUT2D eigenvalue weighted by atomic mass is 10.0. The molecule has 4 aromatic rings. The van der Waals surface area contributed by atoms with Gasteiger partial charge in [-0.3, -0.25) is 4.79 Å². The molecule has 12 heteroatoms. The quantitative estimate of drug-likeness (QED) is 0.0293. The summed E-state index contributed by atoms with van der Waals surface area (Å²) < 4.78 is 50.7. The Morgan fingerprint density at radius 2 is 1.27 bits per heavy atom. The van der Waals surface area contributed by atoms with Crippen LogP contribution in [0.1, 0.15) is 65.3 Å². The van der Waals surface area contributed by atoms with Gasteiger partial charge in [-0.15, -0.1) is 0 Å². The van der Waals surface area contributed by atoms with E-state index in [-0.39, 0.29) is 23.5 Å². The van der Waals surface area contributed by atoms with E-state index in [9.17, 15) is 32.8 Å². The number of halogens is 2.